The SMILES string of the molecule is CCC(=O)c1ccccc1OCCCC[NH+]1CCOCC1. The molecule has 1 aliphatic heterocycles. The first-order valence-corrected chi connectivity index (χ1v) is 7.97. The van der Waals surface area contributed by atoms with Gasteiger partial charge in [-0.2, -0.15) is 0 Å². The normalized spacial score (nSPS) is 15.9. The maximum Gasteiger partial charge on any atom is 0.166 e. The van der Waals surface area contributed by atoms with Crippen LogP contribution in [0.15, 0.2) is 24.3 Å². The number of nitrogens with one attached hydrogen (secondary N) is 1. The summed E-state index contributed by atoms with van der Waals surface area (Å²) >= 11 is 0. The molecule has 1 saturated heterocycles. The van der Waals surface area contributed by atoms with Gasteiger partial charge in [0.1, 0.15) is 18.8 Å². The Bertz CT molecular complexity index is 441. The second-order valence-electron chi connectivity index (χ2n) is 5.44. The Balaban J connectivity index is 1.69. The van der Waals surface area contributed by atoms with Crippen molar-refractivity contribution in [2.75, 3.05) is 39.5 Å². The van der Waals surface area contributed by atoms with Crippen LogP contribution in [0.5, 0.6) is 5.75 Å². The van der Waals surface area contributed by atoms with E-state index < -0.39 is 0 Å². The Morgan fingerprint density at radius 3 is 2.76 bits per heavy atom. The molecule has 0 bridgehead atoms. The Kier molecular flexibility index (Phi) is 6.70. The Morgan fingerprint density at radius 1 is 1.24 bits per heavy atom. The minimum atomic E-state index is 0.142. The van der Waals surface area contributed by atoms with E-state index in [4.69, 9.17) is 9.47 Å². The van der Waals surface area contributed by atoms with Gasteiger partial charge in [0.05, 0.1) is 31.9 Å². The summed E-state index contributed by atoms with van der Waals surface area (Å²) in [6, 6.07) is 7.53. The first-order chi connectivity index (χ1) is 10.3. The molecule has 0 saturated carbocycles. The van der Waals surface area contributed by atoms with Crippen molar-refractivity contribution in [1.29, 1.82) is 0 Å². The molecule has 2 rings (SSSR count). The van der Waals surface area contributed by atoms with Crippen molar-refractivity contribution in [3.8, 4) is 5.75 Å². The molecule has 116 valence electrons. The number of hydrogen-bond donors (Lipinski definition) is 1. The summed E-state index contributed by atoms with van der Waals surface area (Å²) in [5.41, 5.74) is 0.707. The van der Waals surface area contributed by atoms with Gasteiger partial charge in [-0.1, -0.05) is 19.1 Å². The second-order valence-corrected chi connectivity index (χ2v) is 5.44. The first kappa shape index (κ1) is 16.0. The van der Waals surface area contributed by atoms with Crippen molar-refractivity contribution in [2.24, 2.45) is 0 Å². The van der Waals surface area contributed by atoms with E-state index in [0.29, 0.717) is 18.6 Å². The molecule has 1 aromatic carbocycles. The number of ketones is 1. The van der Waals surface area contributed by atoms with Gasteiger partial charge in [0.25, 0.3) is 0 Å². The first-order valence-electron chi connectivity index (χ1n) is 7.97. The third kappa shape index (κ3) is 5.14. The maximum atomic E-state index is 11.8. The molecular weight excluding hydrogens is 266 g/mol. The molecule has 0 aliphatic carbocycles. The van der Waals surface area contributed by atoms with Crippen LogP contribution in [-0.4, -0.2) is 45.2 Å². The van der Waals surface area contributed by atoms with Gasteiger partial charge in [-0.3, -0.25) is 4.79 Å². The third-order valence-corrected chi connectivity index (χ3v) is 3.89. The highest BCUT2D eigenvalue weighted by atomic mass is 16.5. The van der Waals surface area contributed by atoms with Gasteiger partial charge in [0.2, 0.25) is 0 Å². The number of benzene rings is 1. The highest BCUT2D eigenvalue weighted by Crippen LogP contribution is 2.19. The number of rotatable bonds is 8. The largest absolute Gasteiger partial charge is 0.493 e. The molecular formula is C17H26NO3+. The smallest absolute Gasteiger partial charge is 0.166 e. The van der Waals surface area contributed by atoms with Gasteiger partial charge in [-0.05, 0) is 25.0 Å². The quantitative estimate of drug-likeness (QED) is 0.581. The topological polar surface area (TPSA) is 40.0 Å². The molecule has 1 fully saturated rings. The lowest BCUT2D eigenvalue weighted by Crippen LogP contribution is -3.14. The molecule has 1 N–H and O–H groups in total. The summed E-state index contributed by atoms with van der Waals surface area (Å²) in [6.45, 7) is 7.75. The zero-order valence-electron chi connectivity index (χ0n) is 12.9. The predicted octanol–water partition coefficient (Wildman–Crippen LogP) is 1.35. The highest BCUT2D eigenvalue weighted by molar-refractivity contribution is 5.98. The lowest BCUT2D eigenvalue weighted by Gasteiger charge is -2.23. The van der Waals surface area contributed by atoms with Crippen molar-refractivity contribution < 1.29 is 19.2 Å². The van der Waals surface area contributed by atoms with E-state index >= 15 is 0 Å². The van der Waals surface area contributed by atoms with Crippen molar-refractivity contribution >= 4 is 5.78 Å². The molecule has 21 heavy (non-hydrogen) atoms. The van der Waals surface area contributed by atoms with Crippen molar-refractivity contribution in [2.45, 2.75) is 26.2 Å². The van der Waals surface area contributed by atoms with Crippen LogP contribution in [-0.2, 0) is 4.74 Å². The van der Waals surface area contributed by atoms with Crippen LogP contribution in [0.2, 0.25) is 0 Å². The van der Waals surface area contributed by atoms with E-state index in [-0.39, 0.29) is 5.78 Å². The monoisotopic (exact) mass is 292 g/mol. The molecule has 0 amide bonds. The number of carbonyl (C=O) groups excluding carboxylic acids is 1. The average molecular weight is 292 g/mol. The number of Topliss-reactive ketones (excluding diaryl/α,β-unsaturated/α-hetero) is 1. The molecule has 1 aliphatic rings. The van der Waals surface area contributed by atoms with E-state index in [1.54, 1.807) is 4.90 Å². The van der Waals surface area contributed by atoms with Crippen molar-refractivity contribution in [3.05, 3.63) is 29.8 Å². The minimum absolute atomic E-state index is 0.142. The summed E-state index contributed by atoms with van der Waals surface area (Å²) in [5, 5.41) is 0. The number of morpholine rings is 1. The number of unbranched alkanes of at least 4 members (excludes halogenated alkanes) is 1. The maximum absolute atomic E-state index is 11.8. The molecule has 0 spiro atoms. The third-order valence-electron chi connectivity index (χ3n) is 3.89. The Morgan fingerprint density at radius 2 is 2.00 bits per heavy atom. The summed E-state index contributed by atoms with van der Waals surface area (Å²) in [6.07, 6.45) is 2.69. The summed E-state index contributed by atoms with van der Waals surface area (Å²) in [5.74, 6) is 0.867. The number of quaternary nitrogens is 1. The zero-order chi connectivity index (χ0) is 14.9. The molecule has 0 atom stereocenters. The standard InChI is InChI=1S/C17H25NO3/c1-2-16(19)15-7-3-4-8-17(15)21-12-6-5-9-18-10-13-20-14-11-18/h3-4,7-8H,2,5-6,9-14H2,1H3/p+1. The fraction of sp³-hybridized carbons (Fsp3) is 0.588. The lowest BCUT2D eigenvalue weighted by atomic mass is 10.1. The van der Waals surface area contributed by atoms with Crippen LogP contribution in [0.25, 0.3) is 0 Å². The van der Waals surface area contributed by atoms with Gasteiger partial charge in [0.15, 0.2) is 5.78 Å². The number of para-hydroxylation sites is 1. The number of hydrogen-bond acceptors (Lipinski definition) is 3. The van der Waals surface area contributed by atoms with Crippen LogP contribution in [0.4, 0.5) is 0 Å². The van der Waals surface area contributed by atoms with Gasteiger partial charge < -0.3 is 14.4 Å². The highest BCUT2D eigenvalue weighted by Gasteiger charge is 2.13. The van der Waals surface area contributed by atoms with Gasteiger partial charge in [-0.15, -0.1) is 0 Å². The van der Waals surface area contributed by atoms with E-state index in [1.165, 1.54) is 6.54 Å². The van der Waals surface area contributed by atoms with Crippen LogP contribution >= 0.6 is 0 Å². The molecule has 1 aromatic rings. The van der Waals surface area contributed by atoms with Gasteiger partial charge >= 0.3 is 0 Å². The van der Waals surface area contributed by atoms with Crippen LogP contribution in [0, 0.1) is 0 Å². The van der Waals surface area contributed by atoms with Crippen LogP contribution in [0.3, 0.4) is 0 Å². The molecule has 0 radical (unpaired) electrons. The van der Waals surface area contributed by atoms with E-state index in [0.717, 1.165) is 44.9 Å². The molecule has 0 aromatic heterocycles. The lowest BCUT2D eigenvalue weighted by molar-refractivity contribution is -0.908. The second kappa shape index (κ2) is 8.80. The predicted molar refractivity (Wildman–Crippen MR) is 82.2 cm³/mol. The molecule has 1 heterocycles. The molecule has 4 nitrogen and oxygen atoms in total. The fourth-order valence-corrected chi connectivity index (χ4v) is 2.58. The van der Waals surface area contributed by atoms with Crippen molar-refractivity contribution in [1.82, 2.24) is 0 Å². The van der Waals surface area contributed by atoms with E-state index in [9.17, 15) is 4.79 Å². The van der Waals surface area contributed by atoms with Crippen molar-refractivity contribution in [3.63, 3.8) is 0 Å². The average Bonchev–Trinajstić information content (AvgIpc) is 2.55. The van der Waals surface area contributed by atoms with Gasteiger partial charge in [-0.25, -0.2) is 0 Å². The molecule has 4 heteroatoms. The van der Waals surface area contributed by atoms with E-state index in [1.807, 2.05) is 31.2 Å². The fourth-order valence-electron chi connectivity index (χ4n) is 2.58. The van der Waals surface area contributed by atoms with E-state index in [2.05, 4.69) is 0 Å². The number of ether oxygens (including phenoxy) is 2. The Hall–Kier alpha value is -1.39. The summed E-state index contributed by atoms with van der Waals surface area (Å²) in [4.78, 5) is 13.5. The summed E-state index contributed by atoms with van der Waals surface area (Å²) in [7, 11) is 0. The zero-order valence-corrected chi connectivity index (χ0v) is 12.9. The van der Waals surface area contributed by atoms with Crippen LogP contribution in [0.1, 0.15) is 36.5 Å². The summed E-state index contributed by atoms with van der Waals surface area (Å²) < 4.78 is 11.1. The molecule has 0 unspecified atom stereocenters. The number of carbonyl (C=O) groups is 1. The van der Waals surface area contributed by atoms with Crippen LogP contribution < -0.4 is 9.64 Å². The van der Waals surface area contributed by atoms with Gasteiger partial charge in [0, 0.05) is 6.42 Å². The minimum Gasteiger partial charge on any atom is -0.493 e. The Labute approximate surface area is 127 Å².